The number of hydrogen-bond donors (Lipinski definition) is 1. The van der Waals surface area contributed by atoms with Crippen LogP contribution < -0.4 is 10.5 Å². The van der Waals surface area contributed by atoms with Crippen molar-refractivity contribution in [1.82, 2.24) is 9.97 Å². The fourth-order valence-electron chi connectivity index (χ4n) is 1.45. The summed E-state index contributed by atoms with van der Waals surface area (Å²) in [6.45, 7) is 6.65. The zero-order valence-electron chi connectivity index (χ0n) is 9.48. The van der Waals surface area contributed by atoms with Gasteiger partial charge in [0, 0.05) is 13.1 Å². The largest absolute Gasteiger partial charge is 0.354 e. The molecule has 0 aromatic carbocycles. The predicted octanol–water partition coefficient (Wildman–Crippen LogP) is 0.833. The molecule has 0 amide bonds. The van der Waals surface area contributed by atoms with Crippen LogP contribution in [-0.2, 0) is 0 Å². The van der Waals surface area contributed by atoms with Gasteiger partial charge in [-0.05, 0) is 20.8 Å². The zero-order chi connectivity index (χ0) is 12.3. The third-order valence-corrected chi connectivity index (χ3v) is 2.30. The van der Waals surface area contributed by atoms with E-state index in [1.165, 1.54) is 6.92 Å². The third-order valence-electron chi connectivity index (χ3n) is 2.30. The molecule has 1 rings (SSSR count). The van der Waals surface area contributed by atoms with Crippen molar-refractivity contribution < 1.29 is 4.92 Å². The van der Waals surface area contributed by atoms with E-state index < -0.39 is 16.2 Å². The summed E-state index contributed by atoms with van der Waals surface area (Å²) < 4.78 is 0. The summed E-state index contributed by atoms with van der Waals surface area (Å²) in [7, 11) is 0. The first-order valence-corrected chi connectivity index (χ1v) is 5.01. The van der Waals surface area contributed by atoms with Gasteiger partial charge in [0.25, 0.3) is 0 Å². The van der Waals surface area contributed by atoms with Gasteiger partial charge in [-0.25, -0.2) is 4.98 Å². The van der Waals surface area contributed by atoms with Crippen LogP contribution in [0.25, 0.3) is 0 Å². The lowest BCUT2D eigenvalue weighted by Gasteiger charge is -2.18. The van der Waals surface area contributed by atoms with Gasteiger partial charge in [0.1, 0.15) is 5.69 Å². The van der Waals surface area contributed by atoms with E-state index in [2.05, 4.69) is 9.97 Å². The second-order valence-electron chi connectivity index (χ2n) is 3.25. The molecule has 0 saturated heterocycles. The highest BCUT2D eigenvalue weighted by Crippen LogP contribution is 2.12. The molecule has 0 radical (unpaired) electrons. The predicted molar refractivity (Wildman–Crippen MR) is 59.8 cm³/mol. The van der Waals surface area contributed by atoms with Crippen LogP contribution in [0.15, 0.2) is 4.79 Å². The molecule has 7 heteroatoms. The average Bonchev–Trinajstić information content (AvgIpc) is 2.17. The Morgan fingerprint density at radius 3 is 2.38 bits per heavy atom. The van der Waals surface area contributed by atoms with E-state index in [4.69, 9.17) is 0 Å². The number of nitrogens with zero attached hydrogens (tertiary/aromatic N) is 3. The molecule has 0 bridgehead atoms. The van der Waals surface area contributed by atoms with E-state index >= 15 is 0 Å². The van der Waals surface area contributed by atoms with E-state index in [9.17, 15) is 14.9 Å². The molecular weight excluding hydrogens is 212 g/mol. The highest BCUT2D eigenvalue weighted by atomic mass is 16.6. The van der Waals surface area contributed by atoms with Gasteiger partial charge in [0.15, 0.2) is 0 Å². The summed E-state index contributed by atoms with van der Waals surface area (Å²) in [5.74, 6) is 0.373. The lowest BCUT2D eigenvalue weighted by atomic mass is 10.4. The highest BCUT2D eigenvalue weighted by molar-refractivity contribution is 5.39. The number of hydrogen-bond acceptors (Lipinski definition) is 5. The number of nitro groups is 1. The van der Waals surface area contributed by atoms with Crippen molar-refractivity contribution in [2.75, 3.05) is 18.0 Å². The number of aromatic nitrogens is 2. The molecule has 1 aromatic rings. The van der Waals surface area contributed by atoms with Crippen LogP contribution in [0, 0.1) is 17.0 Å². The maximum atomic E-state index is 11.5. The second kappa shape index (κ2) is 4.73. The summed E-state index contributed by atoms with van der Waals surface area (Å²) in [6.07, 6.45) is 0. The van der Waals surface area contributed by atoms with E-state index in [1.807, 2.05) is 18.7 Å². The number of nitrogens with one attached hydrogen (secondary N) is 1. The van der Waals surface area contributed by atoms with E-state index in [0.29, 0.717) is 19.0 Å². The Morgan fingerprint density at radius 2 is 2.00 bits per heavy atom. The van der Waals surface area contributed by atoms with Crippen molar-refractivity contribution in [3.63, 3.8) is 0 Å². The number of rotatable bonds is 4. The Balaban J connectivity index is 3.29. The van der Waals surface area contributed by atoms with Gasteiger partial charge < -0.3 is 4.90 Å². The van der Waals surface area contributed by atoms with Crippen molar-refractivity contribution in [2.45, 2.75) is 20.8 Å². The maximum absolute atomic E-state index is 11.5. The minimum absolute atomic E-state index is 0.135. The Bertz CT molecular complexity index is 451. The van der Waals surface area contributed by atoms with Gasteiger partial charge in [-0.2, -0.15) is 0 Å². The van der Waals surface area contributed by atoms with Crippen LogP contribution >= 0.6 is 0 Å². The van der Waals surface area contributed by atoms with Crippen LogP contribution in [0.1, 0.15) is 19.5 Å². The molecule has 0 saturated carbocycles. The SMILES string of the molecule is CCN(CC)c1nc(C)c([N+](=O)[O-])c(=O)[nH]1. The van der Waals surface area contributed by atoms with Gasteiger partial charge in [-0.1, -0.05) is 0 Å². The fourth-order valence-corrected chi connectivity index (χ4v) is 1.45. The third kappa shape index (κ3) is 2.18. The minimum Gasteiger partial charge on any atom is -0.343 e. The average molecular weight is 226 g/mol. The second-order valence-corrected chi connectivity index (χ2v) is 3.25. The van der Waals surface area contributed by atoms with E-state index in [-0.39, 0.29) is 5.69 Å². The van der Waals surface area contributed by atoms with Crippen LogP contribution in [-0.4, -0.2) is 28.0 Å². The van der Waals surface area contributed by atoms with Gasteiger partial charge in [-0.15, -0.1) is 0 Å². The van der Waals surface area contributed by atoms with Crippen molar-refractivity contribution >= 4 is 11.6 Å². The monoisotopic (exact) mass is 226 g/mol. The van der Waals surface area contributed by atoms with E-state index in [1.54, 1.807) is 0 Å². The first-order valence-electron chi connectivity index (χ1n) is 5.01. The molecule has 7 nitrogen and oxygen atoms in total. The number of H-pyrrole nitrogens is 1. The number of anilines is 1. The minimum atomic E-state index is -0.715. The van der Waals surface area contributed by atoms with Crippen LogP contribution in [0.5, 0.6) is 0 Å². The quantitative estimate of drug-likeness (QED) is 0.606. The summed E-state index contributed by atoms with van der Waals surface area (Å²) >= 11 is 0. The molecule has 16 heavy (non-hydrogen) atoms. The molecule has 0 aliphatic rings. The fraction of sp³-hybridized carbons (Fsp3) is 0.556. The molecule has 1 aromatic heterocycles. The standard InChI is InChI=1S/C9H14N4O3/c1-4-12(5-2)9-10-6(3)7(13(15)16)8(14)11-9/h4-5H2,1-3H3,(H,10,11,14). The lowest BCUT2D eigenvalue weighted by molar-refractivity contribution is -0.387. The van der Waals surface area contributed by atoms with Crippen LogP contribution in [0.2, 0.25) is 0 Å². The highest BCUT2D eigenvalue weighted by Gasteiger charge is 2.20. The van der Waals surface area contributed by atoms with Crippen molar-refractivity contribution in [3.05, 3.63) is 26.2 Å². The maximum Gasteiger partial charge on any atom is 0.354 e. The first kappa shape index (κ1) is 12.2. The van der Waals surface area contributed by atoms with Gasteiger partial charge in [0.2, 0.25) is 5.95 Å². The first-order chi connectivity index (χ1) is 7.51. The molecule has 0 spiro atoms. The Morgan fingerprint density at radius 1 is 1.44 bits per heavy atom. The van der Waals surface area contributed by atoms with Crippen LogP contribution in [0.4, 0.5) is 11.6 Å². The van der Waals surface area contributed by atoms with Gasteiger partial charge in [-0.3, -0.25) is 19.9 Å². The summed E-state index contributed by atoms with van der Waals surface area (Å²) in [5, 5.41) is 10.6. The summed E-state index contributed by atoms with van der Waals surface area (Å²) in [5.41, 5.74) is -1.06. The summed E-state index contributed by atoms with van der Waals surface area (Å²) in [4.78, 5) is 29.6. The summed E-state index contributed by atoms with van der Waals surface area (Å²) in [6, 6.07) is 0. The Hall–Kier alpha value is -1.92. The Kier molecular flexibility index (Phi) is 3.60. The molecule has 1 N–H and O–H groups in total. The smallest absolute Gasteiger partial charge is 0.343 e. The molecule has 88 valence electrons. The van der Waals surface area contributed by atoms with E-state index in [0.717, 1.165) is 0 Å². The van der Waals surface area contributed by atoms with Crippen molar-refractivity contribution in [1.29, 1.82) is 0 Å². The molecule has 0 unspecified atom stereocenters. The molecular formula is C9H14N4O3. The van der Waals surface area contributed by atoms with Crippen molar-refractivity contribution in [2.24, 2.45) is 0 Å². The molecule has 0 fully saturated rings. The number of aryl methyl sites for hydroxylation is 1. The zero-order valence-corrected chi connectivity index (χ0v) is 9.48. The van der Waals surface area contributed by atoms with Crippen LogP contribution in [0.3, 0.4) is 0 Å². The molecule has 1 heterocycles. The van der Waals surface area contributed by atoms with Crippen molar-refractivity contribution in [3.8, 4) is 0 Å². The normalized spacial score (nSPS) is 10.2. The topological polar surface area (TPSA) is 92.1 Å². The molecule has 0 aliphatic heterocycles. The van der Waals surface area contributed by atoms with Gasteiger partial charge in [0.05, 0.1) is 4.92 Å². The lowest BCUT2D eigenvalue weighted by Crippen LogP contribution is -2.28. The molecule has 0 aliphatic carbocycles. The van der Waals surface area contributed by atoms with Gasteiger partial charge >= 0.3 is 11.2 Å². The number of aromatic amines is 1. The Labute approximate surface area is 92.3 Å². The molecule has 0 atom stereocenters.